The zero-order valence-corrected chi connectivity index (χ0v) is 13.2. The fourth-order valence-corrected chi connectivity index (χ4v) is 3.01. The summed E-state index contributed by atoms with van der Waals surface area (Å²) in [6, 6.07) is 20.0. The van der Waals surface area contributed by atoms with Crippen molar-refractivity contribution in [3.8, 4) is 0 Å². The van der Waals surface area contributed by atoms with Gasteiger partial charge in [-0.25, -0.2) is 8.75 Å². The molecule has 0 saturated carbocycles. The smallest absolute Gasteiger partial charge is 0.263 e. The minimum absolute atomic E-state index is 0.0272. The van der Waals surface area contributed by atoms with E-state index in [-0.39, 0.29) is 5.69 Å². The van der Waals surface area contributed by atoms with Crippen molar-refractivity contribution in [1.29, 1.82) is 0 Å². The molecule has 0 amide bonds. The van der Waals surface area contributed by atoms with E-state index >= 15 is 0 Å². The molecule has 3 rings (SSSR count). The van der Waals surface area contributed by atoms with Gasteiger partial charge in [0.2, 0.25) is 4.80 Å². The average molecular weight is 311 g/mol. The molecule has 0 aliphatic carbocycles. The largest absolute Gasteiger partial charge is 0.339 e. The van der Waals surface area contributed by atoms with Crippen LogP contribution in [-0.2, 0) is 20.1 Å². The van der Waals surface area contributed by atoms with Crippen LogP contribution < -0.4 is 10.5 Å². The lowest BCUT2D eigenvalue weighted by atomic mass is 10.2. The number of benzene rings is 2. The molecule has 0 atom stereocenters. The molecule has 2 aromatic carbocycles. The Morgan fingerprint density at radius 2 is 1.55 bits per heavy atom. The minimum atomic E-state index is -0.0272. The van der Waals surface area contributed by atoms with Crippen molar-refractivity contribution in [2.75, 3.05) is 0 Å². The molecular weight excluding hydrogens is 294 g/mol. The normalized spacial score (nSPS) is 11.8. The molecule has 0 aliphatic rings. The second kappa shape index (κ2) is 6.58. The summed E-state index contributed by atoms with van der Waals surface area (Å²) < 4.78 is 3.34. The molecule has 112 valence electrons. The Morgan fingerprint density at radius 1 is 0.955 bits per heavy atom. The lowest BCUT2D eigenvalue weighted by molar-refractivity contribution is 0.688. The summed E-state index contributed by atoms with van der Waals surface area (Å²) >= 11 is 1.38. The molecular formula is C17H17N3OS. The predicted molar refractivity (Wildman–Crippen MR) is 88.8 cm³/mol. The van der Waals surface area contributed by atoms with E-state index in [1.165, 1.54) is 11.5 Å². The van der Waals surface area contributed by atoms with Crippen LogP contribution in [0.2, 0.25) is 0 Å². The Bertz CT molecular complexity index is 860. The summed E-state index contributed by atoms with van der Waals surface area (Å²) in [5, 5.41) is 0. The first-order chi connectivity index (χ1) is 10.7. The van der Waals surface area contributed by atoms with Gasteiger partial charge >= 0.3 is 5.69 Å². The third-order valence-corrected chi connectivity index (χ3v) is 4.32. The molecule has 0 fully saturated rings. The minimum Gasteiger partial charge on any atom is -0.263 e. The van der Waals surface area contributed by atoms with Crippen LogP contribution in [0.25, 0.3) is 0 Å². The van der Waals surface area contributed by atoms with Gasteiger partial charge in [-0.2, -0.15) is 0 Å². The molecule has 3 aromatic rings. The van der Waals surface area contributed by atoms with Crippen LogP contribution in [0.3, 0.4) is 0 Å². The molecule has 0 bridgehead atoms. The SMILES string of the molecule is Cn1sc(=NCc2ccccc2)n(Cc2ccccc2)c1=O. The number of aromatic nitrogens is 2. The third-order valence-electron chi connectivity index (χ3n) is 3.37. The highest BCUT2D eigenvalue weighted by Crippen LogP contribution is 2.01. The van der Waals surface area contributed by atoms with E-state index < -0.39 is 0 Å². The topological polar surface area (TPSA) is 39.3 Å². The van der Waals surface area contributed by atoms with Gasteiger partial charge in [-0.3, -0.25) is 9.56 Å². The van der Waals surface area contributed by atoms with Gasteiger partial charge in [0, 0.05) is 7.05 Å². The van der Waals surface area contributed by atoms with Crippen molar-refractivity contribution in [3.63, 3.8) is 0 Å². The highest BCUT2D eigenvalue weighted by molar-refractivity contribution is 7.03. The van der Waals surface area contributed by atoms with E-state index in [1.807, 2.05) is 60.7 Å². The van der Waals surface area contributed by atoms with Crippen molar-refractivity contribution in [2.24, 2.45) is 12.0 Å². The lowest BCUT2D eigenvalue weighted by Crippen LogP contribution is -2.29. The highest BCUT2D eigenvalue weighted by Gasteiger charge is 2.06. The molecule has 5 heteroatoms. The fraction of sp³-hybridized carbons (Fsp3) is 0.176. The van der Waals surface area contributed by atoms with Gasteiger partial charge in [-0.05, 0) is 22.7 Å². The van der Waals surface area contributed by atoms with Crippen LogP contribution in [-0.4, -0.2) is 8.52 Å². The van der Waals surface area contributed by atoms with Gasteiger partial charge in [0.25, 0.3) is 0 Å². The first-order valence-corrected chi connectivity index (χ1v) is 7.87. The monoisotopic (exact) mass is 311 g/mol. The molecule has 0 saturated heterocycles. The van der Waals surface area contributed by atoms with Gasteiger partial charge in [-0.15, -0.1) is 0 Å². The Hall–Kier alpha value is -2.40. The van der Waals surface area contributed by atoms with Gasteiger partial charge in [0.1, 0.15) is 0 Å². The maximum atomic E-state index is 12.3. The third kappa shape index (κ3) is 3.26. The Morgan fingerprint density at radius 3 is 2.18 bits per heavy atom. The van der Waals surface area contributed by atoms with Crippen LogP contribution in [0.1, 0.15) is 11.1 Å². The summed E-state index contributed by atoms with van der Waals surface area (Å²) in [5.74, 6) is 0. The summed E-state index contributed by atoms with van der Waals surface area (Å²) in [4.78, 5) is 17.6. The van der Waals surface area contributed by atoms with Crippen molar-refractivity contribution in [1.82, 2.24) is 8.52 Å². The van der Waals surface area contributed by atoms with E-state index in [4.69, 9.17) is 0 Å². The highest BCUT2D eigenvalue weighted by atomic mass is 32.1. The van der Waals surface area contributed by atoms with E-state index in [9.17, 15) is 4.79 Å². The Kier molecular flexibility index (Phi) is 4.34. The quantitative estimate of drug-likeness (QED) is 0.729. The molecule has 0 aliphatic heterocycles. The number of rotatable bonds is 4. The second-order valence-electron chi connectivity index (χ2n) is 5.03. The molecule has 0 radical (unpaired) electrons. The molecule has 1 aromatic heterocycles. The lowest BCUT2D eigenvalue weighted by Gasteiger charge is -2.01. The van der Waals surface area contributed by atoms with Crippen molar-refractivity contribution in [3.05, 3.63) is 87.1 Å². The molecule has 4 nitrogen and oxygen atoms in total. The van der Waals surface area contributed by atoms with Crippen LogP contribution in [0, 0.1) is 0 Å². The molecule has 0 unspecified atom stereocenters. The zero-order valence-electron chi connectivity index (χ0n) is 12.3. The van der Waals surface area contributed by atoms with E-state index in [0.717, 1.165) is 15.9 Å². The van der Waals surface area contributed by atoms with Crippen LogP contribution in [0.15, 0.2) is 70.5 Å². The van der Waals surface area contributed by atoms with E-state index in [0.29, 0.717) is 13.1 Å². The number of hydrogen-bond donors (Lipinski definition) is 0. The van der Waals surface area contributed by atoms with Crippen LogP contribution in [0.4, 0.5) is 0 Å². The Labute approximate surface area is 132 Å². The summed E-state index contributed by atoms with van der Waals surface area (Å²) in [7, 11) is 1.77. The number of aryl methyl sites for hydroxylation is 1. The van der Waals surface area contributed by atoms with Crippen LogP contribution in [0.5, 0.6) is 0 Å². The summed E-state index contributed by atoms with van der Waals surface area (Å²) in [6.07, 6.45) is 0. The number of nitrogens with zero attached hydrogens (tertiary/aromatic N) is 3. The Balaban J connectivity index is 1.95. The van der Waals surface area contributed by atoms with E-state index in [2.05, 4.69) is 4.99 Å². The molecule has 0 spiro atoms. The maximum absolute atomic E-state index is 12.3. The summed E-state index contributed by atoms with van der Waals surface area (Å²) in [5.41, 5.74) is 2.21. The standard InChI is InChI=1S/C17H17N3OS/c1-19-17(21)20(13-15-10-6-3-7-11-15)16(22-19)18-12-14-8-4-2-5-9-14/h2-11H,12-13H2,1H3. The van der Waals surface area contributed by atoms with Gasteiger partial charge in [-0.1, -0.05) is 60.7 Å². The number of hydrogen-bond acceptors (Lipinski definition) is 3. The molecule has 22 heavy (non-hydrogen) atoms. The van der Waals surface area contributed by atoms with Gasteiger partial charge in [0.15, 0.2) is 0 Å². The first-order valence-electron chi connectivity index (χ1n) is 7.09. The van der Waals surface area contributed by atoms with Gasteiger partial charge < -0.3 is 0 Å². The first kappa shape index (κ1) is 14.5. The molecule has 0 N–H and O–H groups in total. The van der Waals surface area contributed by atoms with Gasteiger partial charge in [0.05, 0.1) is 13.1 Å². The second-order valence-corrected chi connectivity index (χ2v) is 6.12. The van der Waals surface area contributed by atoms with Crippen LogP contribution >= 0.6 is 11.5 Å². The maximum Gasteiger partial charge on any atom is 0.339 e. The average Bonchev–Trinajstić information content (AvgIpc) is 2.83. The molecule has 1 heterocycles. The van der Waals surface area contributed by atoms with Crippen molar-refractivity contribution < 1.29 is 0 Å². The van der Waals surface area contributed by atoms with Crippen molar-refractivity contribution >= 4 is 11.5 Å². The predicted octanol–water partition coefficient (Wildman–Crippen LogP) is 2.40. The summed E-state index contributed by atoms with van der Waals surface area (Å²) in [6.45, 7) is 1.13. The van der Waals surface area contributed by atoms with E-state index in [1.54, 1.807) is 15.6 Å². The zero-order chi connectivity index (χ0) is 15.4. The fourth-order valence-electron chi connectivity index (χ4n) is 2.22. The van der Waals surface area contributed by atoms with Crippen molar-refractivity contribution in [2.45, 2.75) is 13.1 Å².